The van der Waals surface area contributed by atoms with E-state index in [9.17, 15) is 19.5 Å². The first-order valence-electron chi connectivity index (χ1n) is 25.4. The maximum Gasteiger partial charge on any atom is 0.319 e. The molecule has 0 aliphatic carbocycles. The Morgan fingerprint density at radius 3 is 2.46 bits per heavy atom. The summed E-state index contributed by atoms with van der Waals surface area (Å²) in [4.78, 5) is 63.2. The van der Waals surface area contributed by atoms with Crippen LogP contribution in [0.3, 0.4) is 0 Å². The summed E-state index contributed by atoms with van der Waals surface area (Å²) in [5.41, 5.74) is 4.63. The zero-order valence-corrected chi connectivity index (χ0v) is 39.6. The van der Waals surface area contributed by atoms with Gasteiger partial charge >= 0.3 is 6.01 Å². The van der Waals surface area contributed by atoms with E-state index in [4.69, 9.17) is 19.7 Å². The maximum absolute atomic E-state index is 17.1. The molecule has 2 unspecified atom stereocenters. The number of amides is 3. The van der Waals surface area contributed by atoms with Crippen LogP contribution in [0.4, 0.5) is 15.9 Å². The Morgan fingerprint density at radius 2 is 1.67 bits per heavy atom. The van der Waals surface area contributed by atoms with Crippen molar-refractivity contribution in [1.29, 1.82) is 0 Å². The number of rotatable bonds is 15. The Labute approximate surface area is 402 Å². The molecule has 6 aliphatic heterocycles. The second kappa shape index (κ2) is 19.4. The highest BCUT2D eigenvalue weighted by Gasteiger charge is 2.40. The number of aryl methyl sites for hydroxylation is 1. The molecule has 2 bridgehead atoms. The molecular weight excluding hydrogens is 876 g/mol. The molecule has 8 heterocycles. The van der Waals surface area contributed by atoms with Crippen LogP contribution in [0, 0.1) is 5.82 Å². The zero-order valence-electron chi connectivity index (χ0n) is 39.6. The van der Waals surface area contributed by atoms with Crippen molar-refractivity contribution in [3.05, 3.63) is 77.2 Å². The van der Waals surface area contributed by atoms with E-state index in [1.54, 1.807) is 23.2 Å². The molecule has 0 radical (unpaired) electrons. The van der Waals surface area contributed by atoms with Crippen LogP contribution in [0.25, 0.3) is 32.9 Å². The first-order valence-corrected chi connectivity index (χ1v) is 25.4. The third-order valence-corrected chi connectivity index (χ3v) is 15.7. The number of nitrogens with zero attached hydrogens (tertiary/aromatic N) is 8. The van der Waals surface area contributed by atoms with Gasteiger partial charge in [0.2, 0.25) is 11.8 Å². The smallest absolute Gasteiger partial charge is 0.319 e. The largest absolute Gasteiger partial charge is 0.508 e. The number of anilines is 2. The van der Waals surface area contributed by atoms with Crippen LogP contribution < -0.4 is 25.2 Å². The SMILES string of the molecule is CCc1cccc2cc(O)cc(-c3ncc4c(N5CC6CCC(C5)N6)nc(OC[C@@H]5CCCN5CCCCCCN5CCN(c6ccc7c(c6)CN([C@H]6CCC(=O)NC6=O)C7=O)CC5)nc4c3F)c12. The van der Waals surface area contributed by atoms with Crippen molar-refractivity contribution in [2.75, 3.05) is 75.3 Å². The molecule has 0 spiro atoms. The van der Waals surface area contributed by atoms with Gasteiger partial charge in [0.25, 0.3) is 5.91 Å². The molecular formula is C53H63FN10O5. The number of carbonyl (C=O) groups excluding carboxylic acids is 3. The molecule has 5 aromatic rings. The highest BCUT2D eigenvalue weighted by atomic mass is 19.1. The fourth-order valence-electron chi connectivity index (χ4n) is 12.0. The summed E-state index contributed by atoms with van der Waals surface area (Å²) in [5.74, 6) is -0.625. The number of halogens is 1. The second-order valence-corrected chi connectivity index (χ2v) is 20.0. The van der Waals surface area contributed by atoms with Gasteiger partial charge < -0.3 is 29.9 Å². The Bertz CT molecular complexity index is 2770. The summed E-state index contributed by atoms with van der Waals surface area (Å²) < 4.78 is 23.6. The molecule has 5 fully saturated rings. The minimum Gasteiger partial charge on any atom is -0.508 e. The molecule has 69 heavy (non-hydrogen) atoms. The number of carbonyl (C=O) groups is 3. The number of phenolic OH excluding ortho intramolecular Hbond substituents is 1. The molecule has 2 aromatic heterocycles. The van der Waals surface area contributed by atoms with E-state index in [0.717, 1.165) is 131 Å². The molecule has 15 nitrogen and oxygen atoms in total. The maximum atomic E-state index is 17.1. The molecule has 16 heteroatoms. The number of likely N-dealkylation sites (tertiary alicyclic amines) is 1. The van der Waals surface area contributed by atoms with Gasteiger partial charge in [-0.2, -0.15) is 9.97 Å². The van der Waals surface area contributed by atoms with Crippen molar-refractivity contribution in [2.45, 2.75) is 108 Å². The standard InChI is InChI=1S/C53H63FN10O5/c1-2-33-9-7-10-34-26-40(65)27-42(46(33)34)48-47(54)49-43(28-55-48)50(63-30-36-12-13-37(31-63)56-36)59-53(58-49)69-32-39-11-8-20-61(39)19-6-4-3-5-18-60-21-23-62(24-22-60)38-14-15-41-35(25-38)29-64(52(41)68)44-16-17-45(66)57-51(44)67/h7,9-10,14-15,25-28,36-37,39,44,56,65H,2-6,8,11-13,16-24,29-32H2,1H3,(H,57,66,67)/t36?,37?,39-,44-/m0/s1. The number of piperidine rings is 1. The number of hydrogen-bond donors (Lipinski definition) is 3. The third kappa shape index (κ3) is 9.18. The monoisotopic (exact) mass is 938 g/mol. The van der Waals surface area contributed by atoms with Crippen LogP contribution in [-0.2, 0) is 22.6 Å². The van der Waals surface area contributed by atoms with Gasteiger partial charge in [-0.25, -0.2) is 4.39 Å². The van der Waals surface area contributed by atoms with Gasteiger partial charge in [-0.05, 0) is 123 Å². The zero-order chi connectivity index (χ0) is 47.2. The number of aromatic nitrogens is 3. The molecule has 6 aliphatic rings. The summed E-state index contributed by atoms with van der Waals surface area (Å²) in [7, 11) is 0. The van der Waals surface area contributed by atoms with Crippen LogP contribution in [0.2, 0.25) is 0 Å². The number of imide groups is 1. The lowest BCUT2D eigenvalue weighted by molar-refractivity contribution is -0.136. The van der Waals surface area contributed by atoms with Gasteiger partial charge in [0.15, 0.2) is 5.82 Å². The lowest BCUT2D eigenvalue weighted by Crippen LogP contribution is -2.52. The first-order chi connectivity index (χ1) is 33.7. The van der Waals surface area contributed by atoms with Gasteiger partial charge in [-0.3, -0.25) is 34.5 Å². The summed E-state index contributed by atoms with van der Waals surface area (Å²) in [5, 5.41) is 19.1. The van der Waals surface area contributed by atoms with Crippen molar-refractivity contribution in [2.24, 2.45) is 0 Å². The molecule has 0 saturated carbocycles. The van der Waals surface area contributed by atoms with Gasteiger partial charge in [0.05, 0.1) is 5.39 Å². The predicted molar refractivity (Wildman–Crippen MR) is 263 cm³/mol. The van der Waals surface area contributed by atoms with Crippen molar-refractivity contribution in [3.63, 3.8) is 0 Å². The average Bonchev–Trinajstić information content (AvgIpc) is 4.06. The van der Waals surface area contributed by atoms with Crippen LogP contribution in [-0.4, -0.2) is 142 Å². The lowest BCUT2D eigenvalue weighted by atomic mass is 9.95. The van der Waals surface area contributed by atoms with Crippen molar-refractivity contribution in [3.8, 4) is 23.0 Å². The molecule has 3 N–H and O–H groups in total. The Morgan fingerprint density at radius 1 is 0.855 bits per heavy atom. The number of benzene rings is 3. The number of fused-ring (bicyclic) bond motifs is 5. The summed E-state index contributed by atoms with van der Waals surface area (Å²) >= 11 is 0. The molecule has 5 saturated heterocycles. The van der Waals surface area contributed by atoms with E-state index in [1.807, 2.05) is 30.3 Å². The van der Waals surface area contributed by atoms with Crippen molar-refractivity contribution < 1.29 is 28.6 Å². The fraction of sp³-hybridized carbons (Fsp3) is 0.509. The molecule has 11 rings (SSSR count). The van der Waals surface area contributed by atoms with Crippen LogP contribution in [0.15, 0.2) is 54.7 Å². The number of aromatic hydroxyl groups is 1. The van der Waals surface area contributed by atoms with Crippen LogP contribution in [0.5, 0.6) is 11.8 Å². The number of piperazine rings is 2. The number of phenols is 1. The molecule has 4 atom stereocenters. The number of unbranched alkanes of at least 4 members (excludes halogenated alkanes) is 3. The molecule has 3 aromatic carbocycles. The van der Waals surface area contributed by atoms with Gasteiger partial charge in [0, 0.05) is 93.4 Å². The Hall–Kier alpha value is -5.97. The highest BCUT2D eigenvalue weighted by molar-refractivity contribution is 6.06. The average molecular weight is 939 g/mol. The normalized spacial score (nSPS) is 23.2. The van der Waals surface area contributed by atoms with Gasteiger partial charge in [0.1, 0.15) is 35.4 Å². The van der Waals surface area contributed by atoms with Crippen LogP contribution in [0.1, 0.15) is 92.6 Å². The number of hydrogen-bond acceptors (Lipinski definition) is 13. The summed E-state index contributed by atoms with van der Waals surface area (Å²) in [6.07, 6.45) is 12.0. The molecule has 3 amide bonds. The third-order valence-electron chi connectivity index (χ3n) is 15.7. The number of pyridine rings is 1. The van der Waals surface area contributed by atoms with Crippen molar-refractivity contribution in [1.82, 2.24) is 40.3 Å². The predicted octanol–water partition coefficient (Wildman–Crippen LogP) is 6.18. The van der Waals surface area contributed by atoms with Crippen LogP contribution >= 0.6 is 0 Å². The number of nitrogens with one attached hydrogen (secondary N) is 2. The molecule has 362 valence electrons. The van der Waals surface area contributed by atoms with Gasteiger partial charge in [-0.15, -0.1) is 0 Å². The van der Waals surface area contributed by atoms with E-state index in [-0.39, 0.29) is 53.2 Å². The van der Waals surface area contributed by atoms with E-state index < -0.39 is 11.9 Å². The Balaban J connectivity index is 0.681. The quantitative estimate of drug-likeness (QED) is 0.0808. The number of ether oxygens (including phenoxy) is 1. The Kier molecular flexibility index (Phi) is 12.8. The minimum absolute atomic E-state index is 0.0571. The fourth-order valence-corrected chi connectivity index (χ4v) is 12.0. The highest BCUT2D eigenvalue weighted by Crippen LogP contribution is 2.39. The first kappa shape index (κ1) is 45.5. The minimum atomic E-state index is -0.602. The van der Waals surface area contributed by atoms with E-state index in [2.05, 4.69) is 43.2 Å². The summed E-state index contributed by atoms with van der Waals surface area (Å²) in [6.45, 7) is 11.4. The summed E-state index contributed by atoms with van der Waals surface area (Å²) in [6, 6.07) is 15.8. The lowest BCUT2D eigenvalue weighted by Gasteiger charge is -2.36. The van der Waals surface area contributed by atoms with E-state index >= 15 is 4.39 Å². The van der Waals surface area contributed by atoms with Crippen molar-refractivity contribution >= 4 is 50.9 Å². The second-order valence-electron chi connectivity index (χ2n) is 20.0. The van der Waals surface area contributed by atoms with Gasteiger partial charge in [-0.1, -0.05) is 38.0 Å². The van der Waals surface area contributed by atoms with E-state index in [1.165, 1.54) is 12.8 Å². The van der Waals surface area contributed by atoms with E-state index in [0.29, 0.717) is 54.0 Å². The topological polar surface area (TPSA) is 160 Å².